The zero-order valence-electron chi connectivity index (χ0n) is 14.9. The lowest BCUT2D eigenvalue weighted by atomic mass is 10.1. The van der Waals surface area contributed by atoms with E-state index in [0.717, 1.165) is 12.1 Å². The van der Waals surface area contributed by atoms with Gasteiger partial charge < -0.3 is 10.1 Å². The second kappa shape index (κ2) is 9.36. The van der Waals surface area contributed by atoms with E-state index in [1.807, 2.05) is 0 Å². The summed E-state index contributed by atoms with van der Waals surface area (Å²) in [6.45, 7) is 1.37. The van der Waals surface area contributed by atoms with Crippen molar-refractivity contribution in [2.24, 2.45) is 0 Å². The van der Waals surface area contributed by atoms with Gasteiger partial charge in [-0.3, -0.25) is 24.5 Å². The highest BCUT2D eigenvalue weighted by Crippen LogP contribution is 2.12. The number of ether oxygens (including phenoxy) is 1. The molecule has 0 bridgehead atoms. The maximum Gasteiger partial charge on any atom is 0.308 e. The van der Waals surface area contributed by atoms with Gasteiger partial charge in [-0.25, -0.2) is 4.39 Å². The highest BCUT2D eigenvalue weighted by molar-refractivity contribution is 6.00. The van der Waals surface area contributed by atoms with Gasteiger partial charge in [-0.15, -0.1) is 0 Å². The summed E-state index contributed by atoms with van der Waals surface area (Å²) in [4.78, 5) is 45.9. The molecule has 1 N–H and O–H groups in total. The van der Waals surface area contributed by atoms with Gasteiger partial charge in [0.15, 0.2) is 6.10 Å². The molecule has 0 aliphatic heterocycles. The Hall–Kier alpha value is -3.62. The number of non-ortho nitro benzene ring substituents is 1. The molecule has 0 heterocycles. The van der Waals surface area contributed by atoms with Crippen molar-refractivity contribution in [1.29, 1.82) is 0 Å². The zero-order chi connectivity index (χ0) is 20.7. The van der Waals surface area contributed by atoms with Crippen molar-refractivity contribution < 1.29 is 28.4 Å². The smallest absolute Gasteiger partial charge is 0.308 e. The Morgan fingerprint density at radius 3 is 2.21 bits per heavy atom. The van der Waals surface area contributed by atoms with Gasteiger partial charge in [0.1, 0.15) is 5.82 Å². The average molecular weight is 388 g/mol. The van der Waals surface area contributed by atoms with Gasteiger partial charge in [0.05, 0.1) is 11.3 Å². The van der Waals surface area contributed by atoms with Crippen LogP contribution in [0.1, 0.15) is 34.1 Å². The minimum Gasteiger partial charge on any atom is -0.454 e. The molecular formula is C19H17FN2O6. The number of esters is 1. The van der Waals surface area contributed by atoms with Crippen molar-refractivity contribution in [3.05, 3.63) is 75.6 Å². The van der Waals surface area contributed by atoms with Crippen molar-refractivity contribution in [1.82, 2.24) is 5.32 Å². The van der Waals surface area contributed by atoms with Crippen LogP contribution in [0.4, 0.5) is 10.1 Å². The molecule has 28 heavy (non-hydrogen) atoms. The summed E-state index contributed by atoms with van der Waals surface area (Å²) in [6, 6.07) is 9.87. The summed E-state index contributed by atoms with van der Waals surface area (Å²) in [7, 11) is 0. The van der Waals surface area contributed by atoms with Crippen LogP contribution in [0.25, 0.3) is 0 Å². The standard InChI is InChI=1S/C19H17FN2O6/c1-12(18(24)13-2-6-15(20)7-3-13)28-17(23)10-11-21-19(25)14-4-8-16(9-5-14)22(26)27/h2-9,12H,10-11H2,1H3,(H,21,25)/t12-/m1/s1. The number of hydrogen-bond acceptors (Lipinski definition) is 6. The fraction of sp³-hybridized carbons (Fsp3) is 0.211. The maximum atomic E-state index is 12.9. The van der Waals surface area contributed by atoms with Gasteiger partial charge in [-0.05, 0) is 43.3 Å². The van der Waals surface area contributed by atoms with Crippen molar-refractivity contribution in [3.63, 3.8) is 0 Å². The molecular weight excluding hydrogens is 371 g/mol. The molecule has 8 nitrogen and oxygen atoms in total. The van der Waals surface area contributed by atoms with Crippen molar-refractivity contribution in [2.75, 3.05) is 6.54 Å². The number of nitrogens with one attached hydrogen (secondary N) is 1. The van der Waals surface area contributed by atoms with E-state index >= 15 is 0 Å². The monoisotopic (exact) mass is 388 g/mol. The molecule has 0 saturated heterocycles. The molecule has 0 spiro atoms. The van der Waals surface area contributed by atoms with Gasteiger partial charge >= 0.3 is 5.97 Å². The van der Waals surface area contributed by atoms with Crippen LogP contribution in [0.2, 0.25) is 0 Å². The third-order valence-electron chi connectivity index (χ3n) is 3.76. The van der Waals surface area contributed by atoms with E-state index in [4.69, 9.17) is 4.74 Å². The number of Topliss-reactive ketones (excluding diaryl/α,β-unsaturated/α-hetero) is 1. The number of hydrogen-bond donors (Lipinski definition) is 1. The van der Waals surface area contributed by atoms with Crippen LogP contribution in [0, 0.1) is 15.9 Å². The average Bonchev–Trinajstić information content (AvgIpc) is 2.67. The van der Waals surface area contributed by atoms with Gasteiger partial charge in [0, 0.05) is 29.8 Å². The highest BCUT2D eigenvalue weighted by Gasteiger charge is 2.19. The molecule has 0 aromatic heterocycles. The van der Waals surface area contributed by atoms with Crippen LogP contribution in [-0.4, -0.2) is 35.2 Å². The predicted octanol–water partition coefficient (Wildman–Crippen LogP) is 2.67. The first kappa shape index (κ1) is 20.7. The summed E-state index contributed by atoms with van der Waals surface area (Å²) in [5.74, 6) is -2.14. The normalized spacial score (nSPS) is 11.4. The maximum absolute atomic E-state index is 12.9. The van der Waals surface area contributed by atoms with Gasteiger partial charge in [-0.1, -0.05) is 0 Å². The molecule has 0 aliphatic carbocycles. The molecule has 0 unspecified atom stereocenters. The number of carbonyl (C=O) groups is 3. The minimum atomic E-state index is -1.05. The molecule has 1 atom stereocenters. The Kier molecular flexibility index (Phi) is 6.91. The molecule has 146 valence electrons. The Bertz CT molecular complexity index is 880. The summed E-state index contributed by atoms with van der Waals surface area (Å²) >= 11 is 0. The van der Waals surface area contributed by atoms with Gasteiger partial charge in [-0.2, -0.15) is 0 Å². The summed E-state index contributed by atoms with van der Waals surface area (Å²) in [6.07, 6.45) is -1.22. The van der Waals surface area contributed by atoms with Gasteiger partial charge in [0.25, 0.3) is 11.6 Å². The van der Waals surface area contributed by atoms with E-state index in [1.165, 1.54) is 43.3 Å². The predicted molar refractivity (Wildman–Crippen MR) is 96.3 cm³/mol. The number of nitro groups is 1. The fourth-order valence-electron chi connectivity index (χ4n) is 2.27. The number of halogens is 1. The first-order chi connectivity index (χ1) is 13.3. The van der Waals surface area contributed by atoms with Crippen LogP contribution in [0.3, 0.4) is 0 Å². The molecule has 0 saturated carbocycles. The summed E-state index contributed by atoms with van der Waals surface area (Å²) < 4.78 is 17.9. The quantitative estimate of drug-likeness (QED) is 0.322. The van der Waals surface area contributed by atoms with Crippen LogP contribution < -0.4 is 5.32 Å². The van der Waals surface area contributed by atoms with E-state index < -0.39 is 34.5 Å². The first-order valence-electron chi connectivity index (χ1n) is 8.30. The zero-order valence-corrected chi connectivity index (χ0v) is 14.9. The summed E-state index contributed by atoms with van der Waals surface area (Å²) in [5.41, 5.74) is 0.284. The second-order valence-corrected chi connectivity index (χ2v) is 5.81. The van der Waals surface area contributed by atoms with Crippen molar-refractivity contribution in [2.45, 2.75) is 19.4 Å². The lowest BCUT2D eigenvalue weighted by molar-refractivity contribution is -0.384. The largest absolute Gasteiger partial charge is 0.454 e. The Labute approximate surface area is 159 Å². The number of rotatable bonds is 8. The Morgan fingerprint density at radius 1 is 1.07 bits per heavy atom. The van der Waals surface area contributed by atoms with E-state index in [2.05, 4.69) is 5.32 Å². The van der Waals surface area contributed by atoms with Crippen molar-refractivity contribution >= 4 is 23.3 Å². The molecule has 0 radical (unpaired) electrons. The molecule has 2 aromatic carbocycles. The fourth-order valence-corrected chi connectivity index (χ4v) is 2.27. The second-order valence-electron chi connectivity index (χ2n) is 5.81. The van der Waals surface area contributed by atoms with E-state index in [1.54, 1.807) is 0 Å². The number of benzene rings is 2. The molecule has 0 aliphatic rings. The molecule has 2 aromatic rings. The molecule has 1 amide bonds. The lowest BCUT2D eigenvalue weighted by Gasteiger charge is -2.12. The van der Waals surface area contributed by atoms with Crippen LogP contribution >= 0.6 is 0 Å². The Morgan fingerprint density at radius 2 is 1.64 bits per heavy atom. The summed E-state index contributed by atoms with van der Waals surface area (Å²) in [5, 5.41) is 13.1. The van der Waals surface area contributed by atoms with E-state index in [-0.39, 0.29) is 29.8 Å². The number of nitro benzene ring substituents is 1. The van der Waals surface area contributed by atoms with E-state index in [9.17, 15) is 28.9 Å². The highest BCUT2D eigenvalue weighted by atomic mass is 19.1. The Balaban J connectivity index is 1.78. The van der Waals surface area contributed by atoms with Gasteiger partial charge in [0.2, 0.25) is 5.78 Å². The molecule has 0 fully saturated rings. The SMILES string of the molecule is C[C@@H](OC(=O)CCNC(=O)c1ccc([N+](=O)[O-])cc1)C(=O)c1ccc(F)cc1. The van der Waals surface area contributed by atoms with Crippen LogP contribution in [0.5, 0.6) is 0 Å². The number of nitrogens with zero attached hydrogens (tertiary/aromatic N) is 1. The van der Waals surface area contributed by atoms with E-state index in [0.29, 0.717) is 0 Å². The number of ketones is 1. The molecule has 9 heteroatoms. The number of amides is 1. The number of carbonyl (C=O) groups excluding carboxylic acids is 3. The third-order valence-corrected chi connectivity index (χ3v) is 3.76. The topological polar surface area (TPSA) is 116 Å². The molecule has 2 rings (SSSR count). The lowest BCUT2D eigenvalue weighted by Crippen LogP contribution is -2.29. The van der Waals surface area contributed by atoms with Crippen LogP contribution in [0.15, 0.2) is 48.5 Å². The first-order valence-corrected chi connectivity index (χ1v) is 8.30. The minimum absolute atomic E-state index is 0.0356. The third kappa shape index (κ3) is 5.70. The van der Waals surface area contributed by atoms with Crippen molar-refractivity contribution in [3.8, 4) is 0 Å². The van der Waals surface area contributed by atoms with Crippen LogP contribution in [-0.2, 0) is 9.53 Å².